The maximum absolute atomic E-state index is 13.0. The molecule has 22 heavy (non-hydrogen) atoms. The van der Waals surface area contributed by atoms with E-state index >= 15 is 0 Å². The van der Waals surface area contributed by atoms with Gasteiger partial charge in [0.2, 0.25) is 11.8 Å². The van der Waals surface area contributed by atoms with Gasteiger partial charge in [-0.05, 0) is 24.5 Å². The van der Waals surface area contributed by atoms with Crippen LogP contribution in [0.15, 0.2) is 33.7 Å². The lowest BCUT2D eigenvalue weighted by Gasteiger charge is -2.25. The van der Waals surface area contributed by atoms with Gasteiger partial charge >= 0.3 is 0 Å². The third kappa shape index (κ3) is 2.22. The van der Waals surface area contributed by atoms with Crippen molar-refractivity contribution in [2.24, 2.45) is 0 Å². The van der Waals surface area contributed by atoms with Crippen molar-refractivity contribution in [3.05, 3.63) is 41.5 Å². The molecule has 0 saturated carbocycles. The average molecular weight is 315 g/mol. The van der Waals surface area contributed by atoms with E-state index in [-0.39, 0.29) is 17.9 Å². The maximum Gasteiger partial charge on any atom is 0.231 e. The summed E-state index contributed by atoms with van der Waals surface area (Å²) >= 11 is 1.77. The zero-order chi connectivity index (χ0) is 15.1. The molecule has 2 aliphatic rings. The Morgan fingerprint density at radius 3 is 3.09 bits per heavy atom. The number of hydrogen-bond acceptors (Lipinski definition) is 5. The molecule has 1 saturated heterocycles. The van der Waals surface area contributed by atoms with Gasteiger partial charge in [-0.3, -0.25) is 4.79 Å². The van der Waals surface area contributed by atoms with Gasteiger partial charge in [0, 0.05) is 24.1 Å². The standard InChI is InChI=1S/C16H17N3O2S/c1-10-17-15(18-21-10)13-6-4-8-19(13)16(20)12-9-22-14-7-3-2-5-11(12)14/h2-3,5,7,12-13H,4,6,8-9H2,1H3/t12-,13-/m1/s1. The van der Waals surface area contributed by atoms with Crippen LogP contribution in [0.25, 0.3) is 0 Å². The molecule has 0 radical (unpaired) electrons. The first-order chi connectivity index (χ1) is 10.7. The molecule has 1 aromatic heterocycles. The summed E-state index contributed by atoms with van der Waals surface area (Å²) in [5.41, 5.74) is 1.16. The summed E-state index contributed by atoms with van der Waals surface area (Å²) < 4.78 is 5.08. The van der Waals surface area contributed by atoms with Gasteiger partial charge in [-0.25, -0.2) is 0 Å². The second kappa shape index (κ2) is 5.43. The van der Waals surface area contributed by atoms with Crippen LogP contribution in [0.1, 0.15) is 42.1 Å². The van der Waals surface area contributed by atoms with Gasteiger partial charge in [-0.2, -0.15) is 4.98 Å². The Balaban J connectivity index is 1.60. The Hall–Kier alpha value is -1.82. The first-order valence-electron chi connectivity index (χ1n) is 7.56. The number of likely N-dealkylation sites (tertiary alicyclic amines) is 1. The van der Waals surface area contributed by atoms with Crippen molar-refractivity contribution in [2.75, 3.05) is 12.3 Å². The zero-order valence-corrected chi connectivity index (χ0v) is 13.2. The fourth-order valence-electron chi connectivity index (χ4n) is 3.32. The highest BCUT2D eigenvalue weighted by atomic mass is 32.2. The van der Waals surface area contributed by atoms with Gasteiger partial charge in [0.05, 0.1) is 12.0 Å². The lowest BCUT2D eigenvalue weighted by Crippen LogP contribution is -2.35. The van der Waals surface area contributed by atoms with E-state index in [1.165, 1.54) is 4.90 Å². The van der Waals surface area contributed by atoms with Crippen molar-refractivity contribution < 1.29 is 9.32 Å². The summed E-state index contributed by atoms with van der Waals surface area (Å²) in [5, 5.41) is 4.02. The minimum Gasteiger partial charge on any atom is -0.340 e. The van der Waals surface area contributed by atoms with E-state index in [0.29, 0.717) is 11.7 Å². The topological polar surface area (TPSA) is 59.2 Å². The Morgan fingerprint density at radius 1 is 1.41 bits per heavy atom. The monoisotopic (exact) mass is 315 g/mol. The molecule has 0 spiro atoms. The molecule has 6 heteroatoms. The van der Waals surface area contributed by atoms with E-state index in [2.05, 4.69) is 22.3 Å². The molecule has 0 unspecified atom stereocenters. The van der Waals surface area contributed by atoms with Gasteiger partial charge in [0.15, 0.2) is 5.82 Å². The van der Waals surface area contributed by atoms with E-state index in [4.69, 9.17) is 4.52 Å². The molecule has 2 aromatic rings. The van der Waals surface area contributed by atoms with Crippen LogP contribution in [-0.4, -0.2) is 33.2 Å². The SMILES string of the molecule is Cc1nc([C@H]2CCCN2C(=O)[C@@H]2CSc3ccccc32)no1. The fourth-order valence-corrected chi connectivity index (χ4v) is 4.54. The molecule has 0 N–H and O–H groups in total. The third-order valence-corrected chi connectivity index (χ3v) is 5.56. The molecule has 1 aromatic carbocycles. The van der Waals surface area contributed by atoms with Gasteiger partial charge < -0.3 is 9.42 Å². The summed E-state index contributed by atoms with van der Waals surface area (Å²) in [6.45, 7) is 2.56. The van der Waals surface area contributed by atoms with Crippen LogP contribution in [-0.2, 0) is 4.79 Å². The summed E-state index contributed by atoms with van der Waals surface area (Å²) in [4.78, 5) is 20.5. The maximum atomic E-state index is 13.0. The number of amides is 1. The summed E-state index contributed by atoms with van der Waals surface area (Å²) in [5.74, 6) is 2.17. The summed E-state index contributed by atoms with van der Waals surface area (Å²) in [7, 11) is 0. The molecule has 2 aliphatic heterocycles. The van der Waals surface area contributed by atoms with Crippen LogP contribution in [0.2, 0.25) is 0 Å². The van der Waals surface area contributed by atoms with Crippen LogP contribution in [0.3, 0.4) is 0 Å². The molecular weight excluding hydrogens is 298 g/mol. The number of carbonyl (C=O) groups is 1. The van der Waals surface area contributed by atoms with E-state index < -0.39 is 0 Å². The van der Waals surface area contributed by atoms with Gasteiger partial charge in [0.25, 0.3) is 0 Å². The smallest absolute Gasteiger partial charge is 0.231 e. The molecule has 0 aliphatic carbocycles. The van der Waals surface area contributed by atoms with Crippen LogP contribution >= 0.6 is 11.8 Å². The van der Waals surface area contributed by atoms with Crippen LogP contribution in [0.5, 0.6) is 0 Å². The largest absolute Gasteiger partial charge is 0.340 e. The molecule has 1 fully saturated rings. The van der Waals surface area contributed by atoms with Gasteiger partial charge in [-0.15, -0.1) is 11.8 Å². The number of fused-ring (bicyclic) bond motifs is 1. The summed E-state index contributed by atoms with van der Waals surface area (Å²) in [6.07, 6.45) is 1.90. The lowest BCUT2D eigenvalue weighted by molar-refractivity contribution is -0.133. The minimum absolute atomic E-state index is 0.0392. The number of benzene rings is 1. The first kappa shape index (κ1) is 13.8. The second-order valence-corrected chi connectivity index (χ2v) is 6.82. The number of nitrogens with zero attached hydrogens (tertiary/aromatic N) is 3. The molecular formula is C16H17N3O2S. The van der Waals surface area contributed by atoms with Gasteiger partial charge in [-0.1, -0.05) is 23.4 Å². The van der Waals surface area contributed by atoms with Crippen molar-refractivity contribution in [2.45, 2.75) is 36.6 Å². The molecule has 5 nitrogen and oxygen atoms in total. The number of hydrogen-bond donors (Lipinski definition) is 0. The lowest BCUT2D eigenvalue weighted by atomic mass is 9.99. The van der Waals surface area contributed by atoms with Crippen LogP contribution < -0.4 is 0 Å². The van der Waals surface area contributed by atoms with E-state index in [0.717, 1.165) is 30.7 Å². The molecule has 0 bridgehead atoms. The Morgan fingerprint density at radius 2 is 2.27 bits per heavy atom. The van der Waals surface area contributed by atoms with Gasteiger partial charge in [0.1, 0.15) is 0 Å². The third-order valence-electron chi connectivity index (χ3n) is 4.38. The Kier molecular flexibility index (Phi) is 3.41. The van der Waals surface area contributed by atoms with E-state index in [1.54, 1.807) is 18.7 Å². The molecule has 3 heterocycles. The van der Waals surface area contributed by atoms with E-state index in [9.17, 15) is 4.79 Å². The highest BCUT2D eigenvalue weighted by Gasteiger charge is 2.39. The number of carbonyl (C=O) groups excluding carboxylic acids is 1. The average Bonchev–Trinajstić information content (AvgIpc) is 3.25. The van der Waals surface area contributed by atoms with Crippen molar-refractivity contribution in [1.82, 2.24) is 15.0 Å². The second-order valence-electron chi connectivity index (χ2n) is 5.76. The number of aryl methyl sites for hydroxylation is 1. The minimum atomic E-state index is -0.0465. The quantitative estimate of drug-likeness (QED) is 0.853. The molecule has 4 rings (SSSR count). The number of thioether (sulfide) groups is 1. The highest BCUT2D eigenvalue weighted by Crippen LogP contribution is 2.42. The Bertz CT molecular complexity index is 715. The predicted octanol–water partition coefficient (Wildman–Crippen LogP) is 2.93. The molecule has 114 valence electrons. The van der Waals surface area contributed by atoms with Crippen LogP contribution in [0.4, 0.5) is 0 Å². The molecule has 2 atom stereocenters. The van der Waals surface area contributed by atoms with Crippen molar-refractivity contribution >= 4 is 17.7 Å². The first-order valence-corrected chi connectivity index (χ1v) is 8.55. The highest BCUT2D eigenvalue weighted by molar-refractivity contribution is 7.99. The Labute approximate surface area is 133 Å². The normalized spacial score (nSPS) is 23.8. The van der Waals surface area contributed by atoms with Crippen molar-refractivity contribution in [3.8, 4) is 0 Å². The van der Waals surface area contributed by atoms with E-state index in [1.807, 2.05) is 17.0 Å². The van der Waals surface area contributed by atoms with Crippen molar-refractivity contribution in [1.29, 1.82) is 0 Å². The zero-order valence-electron chi connectivity index (χ0n) is 12.4. The van der Waals surface area contributed by atoms with Crippen LogP contribution in [0, 0.1) is 6.92 Å². The van der Waals surface area contributed by atoms with Crippen molar-refractivity contribution in [3.63, 3.8) is 0 Å². The predicted molar refractivity (Wildman–Crippen MR) is 82.6 cm³/mol. The number of aromatic nitrogens is 2. The molecule has 1 amide bonds. The number of rotatable bonds is 2. The summed E-state index contributed by atoms with van der Waals surface area (Å²) in [6, 6.07) is 8.16. The fraction of sp³-hybridized carbons (Fsp3) is 0.438.